The Morgan fingerprint density at radius 2 is 2.17 bits per heavy atom. The molecule has 1 aliphatic rings. The highest BCUT2D eigenvalue weighted by Crippen LogP contribution is 2.36. The molecule has 1 aliphatic heterocycles. The highest BCUT2D eigenvalue weighted by Gasteiger charge is 2.38. The van der Waals surface area contributed by atoms with E-state index in [0.717, 1.165) is 12.8 Å². The van der Waals surface area contributed by atoms with Crippen molar-refractivity contribution in [3.63, 3.8) is 0 Å². The minimum absolute atomic E-state index is 0.106. The summed E-state index contributed by atoms with van der Waals surface area (Å²) in [5, 5.41) is 1.25. The van der Waals surface area contributed by atoms with Crippen molar-refractivity contribution in [1.82, 2.24) is 4.57 Å². The molecule has 0 N–H and O–H groups in total. The number of ether oxygens (including phenoxy) is 1. The first-order valence-corrected chi connectivity index (χ1v) is 6.30. The van der Waals surface area contributed by atoms with Crippen LogP contribution in [0, 0.1) is 5.41 Å². The van der Waals surface area contributed by atoms with Crippen LogP contribution in [-0.2, 0) is 22.5 Å². The second-order valence-electron chi connectivity index (χ2n) is 5.33. The van der Waals surface area contributed by atoms with Crippen LogP contribution in [0.25, 0.3) is 10.9 Å². The van der Waals surface area contributed by atoms with Crippen LogP contribution < -0.4 is 0 Å². The second kappa shape index (κ2) is 3.87. The standard InChI is InChI=1S/C15H17NO2/c1-15(14(17)18-2)8-7-12-9-11-5-3-4-6-13(11)16(12)10-15/h3-6,9H,7-8,10H2,1-2H3. The van der Waals surface area contributed by atoms with Gasteiger partial charge in [-0.2, -0.15) is 0 Å². The lowest BCUT2D eigenvalue weighted by Gasteiger charge is -2.32. The summed E-state index contributed by atoms with van der Waals surface area (Å²) in [6, 6.07) is 10.6. The molecule has 0 spiro atoms. The predicted molar refractivity (Wildman–Crippen MR) is 70.4 cm³/mol. The molecule has 3 nitrogen and oxygen atoms in total. The molecule has 1 unspecified atom stereocenters. The van der Waals surface area contributed by atoms with E-state index in [9.17, 15) is 4.79 Å². The molecule has 0 bridgehead atoms. The third-order valence-electron chi connectivity index (χ3n) is 4.01. The molecule has 2 heterocycles. The number of methoxy groups -OCH3 is 1. The summed E-state index contributed by atoms with van der Waals surface area (Å²) in [5.41, 5.74) is 2.13. The predicted octanol–water partition coefficient (Wildman–Crippen LogP) is 2.77. The van der Waals surface area contributed by atoms with Gasteiger partial charge in [0.2, 0.25) is 0 Å². The number of para-hydroxylation sites is 1. The lowest BCUT2D eigenvalue weighted by atomic mass is 9.82. The molecule has 1 aromatic heterocycles. The van der Waals surface area contributed by atoms with E-state index >= 15 is 0 Å². The number of aromatic nitrogens is 1. The minimum Gasteiger partial charge on any atom is -0.469 e. The summed E-state index contributed by atoms with van der Waals surface area (Å²) in [4.78, 5) is 11.9. The van der Waals surface area contributed by atoms with Gasteiger partial charge in [0.05, 0.1) is 12.5 Å². The third kappa shape index (κ3) is 1.54. The van der Waals surface area contributed by atoms with Gasteiger partial charge in [0.25, 0.3) is 0 Å². The van der Waals surface area contributed by atoms with E-state index in [1.54, 1.807) is 0 Å². The van der Waals surface area contributed by atoms with Crippen LogP contribution >= 0.6 is 0 Å². The van der Waals surface area contributed by atoms with Gasteiger partial charge in [0.15, 0.2) is 0 Å². The maximum Gasteiger partial charge on any atom is 0.313 e. The van der Waals surface area contributed by atoms with E-state index in [1.807, 2.05) is 19.1 Å². The third-order valence-corrected chi connectivity index (χ3v) is 4.01. The van der Waals surface area contributed by atoms with Crippen molar-refractivity contribution in [2.24, 2.45) is 5.41 Å². The zero-order valence-electron chi connectivity index (χ0n) is 10.8. The van der Waals surface area contributed by atoms with E-state index in [2.05, 4.69) is 22.8 Å². The smallest absolute Gasteiger partial charge is 0.313 e. The Hall–Kier alpha value is -1.77. The van der Waals surface area contributed by atoms with Crippen LogP contribution in [0.5, 0.6) is 0 Å². The summed E-state index contributed by atoms with van der Waals surface area (Å²) in [6.45, 7) is 2.71. The van der Waals surface area contributed by atoms with Crippen molar-refractivity contribution in [3.05, 3.63) is 36.0 Å². The summed E-state index contributed by atoms with van der Waals surface area (Å²) >= 11 is 0. The molecule has 18 heavy (non-hydrogen) atoms. The van der Waals surface area contributed by atoms with Gasteiger partial charge in [-0.15, -0.1) is 0 Å². The van der Waals surface area contributed by atoms with E-state index in [1.165, 1.54) is 23.7 Å². The Morgan fingerprint density at radius 3 is 2.94 bits per heavy atom. The van der Waals surface area contributed by atoms with Gasteiger partial charge in [-0.25, -0.2) is 0 Å². The van der Waals surface area contributed by atoms with Crippen LogP contribution in [-0.4, -0.2) is 17.6 Å². The summed E-state index contributed by atoms with van der Waals surface area (Å²) in [7, 11) is 1.47. The normalized spacial score (nSPS) is 22.8. The van der Waals surface area contributed by atoms with Crippen molar-refractivity contribution < 1.29 is 9.53 Å². The number of hydrogen-bond donors (Lipinski definition) is 0. The molecule has 0 amide bonds. The Kier molecular flexibility index (Phi) is 2.44. The first-order chi connectivity index (χ1) is 8.64. The summed E-state index contributed by atoms with van der Waals surface area (Å²) < 4.78 is 7.20. The number of esters is 1. The molecule has 3 rings (SSSR count). The van der Waals surface area contributed by atoms with Crippen molar-refractivity contribution in [2.45, 2.75) is 26.3 Å². The lowest BCUT2D eigenvalue weighted by Crippen LogP contribution is -2.37. The summed E-state index contributed by atoms with van der Waals surface area (Å²) in [6.07, 6.45) is 1.79. The number of carbonyl (C=O) groups excluding carboxylic acids is 1. The molecule has 0 saturated heterocycles. The topological polar surface area (TPSA) is 31.2 Å². The monoisotopic (exact) mass is 243 g/mol. The van der Waals surface area contributed by atoms with Gasteiger partial charge in [-0.1, -0.05) is 18.2 Å². The van der Waals surface area contributed by atoms with Crippen LogP contribution in [0.15, 0.2) is 30.3 Å². The fourth-order valence-corrected chi connectivity index (χ4v) is 2.91. The average Bonchev–Trinajstić information content (AvgIpc) is 2.75. The van der Waals surface area contributed by atoms with Gasteiger partial charge in [-0.05, 0) is 37.3 Å². The maximum absolute atomic E-state index is 11.9. The number of hydrogen-bond acceptors (Lipinski definition) is 2. The minimum atomic E-state index is -0.399. The molecule has 1 atom stereocenters. The van der Waals surface area contributed by atoms with Gasteiger partial charge < -0.3 is 9.30 Å². The Morgan fingerprint density at radius 1 is 1.39 bits per heavy atom. The molecule has 0 aliphatic carbocycles. The number of carbonyl (C=O) groups is 1. The maximum atomic E-state index is 11.9. The Balaban J connectivity index is 2.09. The molecule has 2 aromatic rings. The molecule has 94 valence electrons. The van der Waals surface area contributed by atoms with Crippen molar-refractivity contribution >= 4 is 16.9 Å². The van der Waals surface area contributed by atoms with Crippen LogP contribution in [0.3, 0.4) is 0 Å². The Bertz CT molecular complexity index is 614. The quantitative estimate of drug-likeness (QED) is 0.721. The number of rotatable bonds is 1. The van der Waals surface area contributed by atoms with Gasteiger partial charge >= 0.3 is 5.97 Å². The van der Waals surface area contributed by atoms with E-state index in [4.69, 9.17) is 4.74 Å². The second-order valence-corrected chi connectivity index (χ2v) is 5.33. The largest absolute Gasteiger partial charge is 0.469 e. The number of nitrogens with zero attached hydrogens (tertiary/aromatic N) is 1. The zero-order chi connectivity index (χ0) is 12.8. The number of aryl methyl sites for hydroxylation is 1. The molecule has 1 aromatic carbocycles. The fourth-order valence-electron chi connectivity index (χ4n) is 2.91. The molecule has 3 heteroatoms. The molecular weight excluding hydrogens is 226 g/mol. The molecule has 0 radical (unpaired) electrons. The highest BCUT2D eigenvalue weighted by atomic mass is 16.5. The highest BCUT2D eigenvalue weighted by molar-refractivity contribution is 5.82. The lowest BCUT2D eigenvalue weighted by molar-refractivity contribution is -0.153. The van der Waals surface area contributed by atoms with Gasteiger partial charge in [0.1, 0.15) is 0 Å². The SMILES string of the molecule is COC(=O)C1(C)CCc2cc3ccccc3n2C1. The van der Waals surface area contributed by atoms with Crippen LogP contribution in [0.2, 0.25) is 0 Å². The Labute approximate surface area is 106 Å². The van der Waals surface area contributed by atoms with Crippen LogP contribution in [0.1, 0.15) is 19.0 Å². The van der Waals surface area contributed by atoms with E-state index in [-0.39, 0.29) is 5.97 Å². The van der Waals surface area contributed by atoms with Gasteiger partial charge in [0, 0.05) is 17.8 Å². The number of benzene rings is 1. The van der Waals surface area contributed by atoms with E-state index < -0.39 is 5.41 Å². The summed E-state index contributed by atoms with van der Waals surface area (Å²) in [5.74, 6) is -0.106. The van der Waals surface area contributed by atoms with Crippen molar-refractivity contribution in [2.75, 3.05) is 7.11 Å². The first kappa shape index (κ1) is 11.3. The van der Waals surface area contributed by atoms with Crippen LogP contribution in [0.4, 0.5) is 0 Å². The number of fused-ring (bicyclic) bond motifs is 3. The van der Waals surface area contributed by atoms with Crippen molar-refractivity contribution in [1.29, 1.82) is 0 Å². The molecule has 0 fully saturated rings. The molecule has 0 saturated carbocycles. The fraction of sp³-hybridized carbons (Fsp3) is 0.400. The van der Waals surface area contributed by atoms with Crippen molar-refractivity contribution in [3.8, 4) is 0 Å². The zero-order valence-corrected chi connectivity index (χ0v) is 10.8. The average molecular weight is 243 g/mol. The molecular formula is C15H17NO2. The van der Waals surface area contributed by atoms with Gasteiger partial charge in [-0.3, -0.25) is 4.79 Å². The van der Waals surface area contributed by atoms with E-state index in [0.29, 0.717) is 6.54 Å². The first-order valence-electron chi connectivity index (χ1n) is 6.30.